The zero-order valence-electron chi connectivity index (χ0n) is 13.5. The van der Waals surface area contributed by atoms with Crippen molar-refractivity contribution >= 4 is 40.0 Å². The highest BCUT2D eigenvalue weighted by Crippen LogP contribution is 2.23. The number of hydrogen-bond donors (Lipinski definition) is 2. The molecule has 1 aromatic heterocycles. The number of nitrogens with zero attached hydrogens (tertiary/aromatic N) is 1. The molecule has 0 aliphatic carbocycles. The number of hydrogen-bond acceptors (Lipinski definition) is 3. The first-order valence-electron chi connectivity index (χ1n) is 7.72. The van der Waals surface area contributed by atoms with Crippen LogP contribution in [0.3, 0.4) is 0 Å². The molecule has 6 heteroatoms. The van der Waals surface area contributed by atoms with E-state index in [4.69, 9.17) is 11.6 Å². The van der Waals surface area contributed by atoms with Crippen molar-refractivity contribution < 1.29 is 9.59 Å². The van der Waals surface area contributed by atoms with E-state index in [0.717, 1.165) is 16.5 Å². The fraction of sp³-hybridized carbons (Fsp3) is 0.105. The monoisotopic (exact) mass is 353 g/mol. The van der Waals surface area contributed by atoms with E-state index in [1.807, 2.05) is 30.3 Å². The van der Waals surface area contributed by atoms with Crippen molar-refractivity contribution in [1.29, 1.82) is 0 Å². The van der Waals surface area contributed by atoms with E-state index in [-0.39, 0.29) is 18.2 Å². The molecule has 2 amide bonds. The van der Waals surface area contributed by atoms with Crippen LogP contribution >= 0.6 is 11.6 Å². The van der Waals surface area contributed by atoms with Crippen molar-refractivity contribution in [1.82, 2.24) is 10.3 Å². The summed E-state index contributed by atoms with van der Waals surface area (Å²) in [5.74, 6) is -0.436. The zero-order valence-corrected chi connectivity index (χ0v) is 14.3. The summed E-state index contributed by atoms with van der Waals surface area (Å²) in [6.07, 6.45) is 1.88. The summed E-state index contributed by atoms with van der Waals surface area (Å²) in [4.78, 5) is 28.2. The van der Waals surface area contributed by atoms with Crippen molar-refractivity contribution in [2.24, 2.45) is 0 Å². The molecule has 3 rings (SSSR count). The summed E-state index contributed by atoms with van der Waals surface area (Å²) in [6, 6.07) is 14.4. The molecule has 126 valence electrons. The highest BCUT2D eigenvalue weighted by molar-refractivity contribution is 6.34. The van der Waals surface area contributed by atoms with Gasteiger partial charge in [0.2, 0.25) is 5.91 Å². The minimum absolute atomic E-state index is 0.186. The Morgan fingerprint density at radius 3 is 2.68 bits per heavy atom. The zero-order chi connectivity index (χ0) is 17.8. The van der Waals surface area contributed by atoms with Gasteiger partial charge in [-0.05, 0) is 35.9 Å². The molecule has 2 aromatic carbocycles. The van der Waals surface area contributed by atoms with Gasteiger partial charge in [-0.15, -0.1) is 0 Å². The van der Waals surface area contributed by atoms with E-state index in [9.17, 15) is 9.59 Å². The second-order valence-electron chi connectivity index (χ2n) is 5.53. The Morgan fingerprint density at radius 2 is 1.92 bits per heavy atom. The van der Waals surface area contributed by atoms with Crippen LogP contribution in [0.2, 0.25) is 5.02 Å². The molecule has 0 aliphatic heterocycles. The van der Waals surface area contributed by atoms with Crippen LogP contribution in [0, 0.1) is 0 Å². The Kier molecular flexibility index (Phi) is 4.95. The SMILES string of the molecule is CNC(=O)c1ccc(NC(=O)Cc2cnc3ccccc3c2)c(Cl)c1. The molecule has 1 heterocycles. The van der Waals surface area contributed by atoms with Crippen LogP contribution in [0.4, 0.5) is 5.69 Å². The maximum Gasteiger partial charge on any atom is 0.251 e. The summed E-state index contributed by atoms with van der Waals surface area (Å²) in [7, 11) is 1.55. The molecule has 0 fully saturated rings. The Hall–Kier alpha value is -2.92. The third-order valence-corrected chi connectivity index (χ3v) is 4.06. The number of carbonyl (C=O) groups excluding carboxylic acids is 2. The number of amides is 2. The molecule has 0 unspecified atom stereocenters. The first kappa shape index (κ1) is 16.9. The summed E-state index contributed by atoms with van der Waals surface area (Å²) in [6.45, 7) is 0. The van der Waals surface area contributed by atoms with Gasteiger partial charge in [0.15, 0.2) is 0 Å². The van der Waals surface area contributed by atoms with E-state index in [1.165, 1.54) is 6.07 Å². The van der Waals surface area contributed by atoms with Gasteiger partial charge in [-0.3, -0.25) is 14.6 Å². The lowest BCUT2D eigenvalue weighted by Gasteiger charge is -2.09. The molecule has 0 aliphatic rings. The first-order chi connectivity index (χ1) is 12.1. The number of carbonyl (C=O) groups is 2. The maximum absolute atomic E-state index is 12.3. The minimum Gasteiger partial charge on any atom is -0.355 e. The topological polar surface area (TPSA) is 71.1 Å². The third-order valence-electron chi connectivity index (χ3n) is 3.74. The Labute approximate surface area is 150 Å². The van der Waals surface area contributed by atoms with Gasteiger partial charge in [0, 0.05) is 24.2 Å². The number of anilines is 1. The van der Waals surface area contributed by atoms with Crippen LogP contribution in [0.1, 0.15) is 15.9 Å². The molecular formula is C19H16ClN3O2. The molecule has 0 saturated heterocycles. The van der Waals surface area contributed by atoms with E-state index in [1.54, 1.807) is 25.4 Å². The van der Waals surface area contributed by atoms with Gasteiger partial charge in [-0.2, -0.15) is 0 Å². The number of halogens is 1. The number of benzene rings is 2. The minimum atomic E-state index is -0.234. The predicted octanol–water partition coefficient (Wildman–Crippen LogP) is 3.43. The number of pyridine rings is 1. The van der Waals surface area contributed by atoms with E-state index in [0.29, 0.717) is 16.3 Å². The number of aromatic nitrogens is 1. The number of nitrogens with one attached hydrogen (secondary N) is 2. The molecule has 5 nitrogen and oxygen atoms in total. The molecule has 0 radical (unpaired) electrons. The predicted molar refractivity (Wildman–Crippen MR) is 98.9 cm³/mol. The molecular weight excluding hydrogens is 338 g/mol. The first-order valence-corrected chi connectivity index (χ1v) is 8.10. The second kappa shape index (κ2) is 7.32. The van der Waals surface area contributed by atoms with Crippen molar-refractivity contribution in [3.05, 3.63) is 70.9 Å². The quantitative estimate of drug-likeness (QED) is 0.754. The van der Waals surface area contributed by atoms with Crippen LogP contribution in [-0.2, 0) is 11.2 Å². The van der Waals surface area contributed by atoms with Gasteiger partial charge in [0.05, 0.1) is 22.6 Å². The summed E-state index contributed by atoms with van der Waals surface area (Å²) in [5, 5.41) is 6.58. The summed E-state index contributed by atoms with van der Waals surface area (Å²) >= 11 is 6.15. The average molecular weight is 354 g/mol. The normalized spacial score (nSPS) is 10.5. The fourth-order valence-corrected chi connectivity index (χ4v) is 2.72. The van der Waals surface area contributed by atoms with Crippen molar-refractivity contribution in [3.8, 4) is 0 Å². The van der Waals surface area contributed by atoms with Gasteiger partial charge in [-0.1, -0.05) is 29.8 Å². The van der Waals surface area contributed by atoms with Gasteiger partial charge >= 0.3 is 0 Å². The van der Waals surface area contributed by atoms with Crippen LogP contribution in [0.5, 0.6) is 0 Å². The third kappa shape index (κ3) is 3.95. The van der Waals surface area contributed by atoms with Gasteiger partial charge in [0.25, 0.3) is 5.91 Å². The van der Waals surface area contributed by atoms with Crippen LogP contribution in [-0.4, -0.2) is 23.8 Å². The lowest BCUT2D eigenvalue weighted by atomic mass is 10.1. The lowest BCUT2D eigenvalue weighted by molar-refractivity contribution is -0.115. The molecule has 0 spiro atoms. The van der Waals surface area contributed by atoms with Crippen molar-refractivity contribution in [2.75, 3.05) is 12.4 Å². The second-order valence-corrected chi connectivity index (χ2v) is 5.94. The van der Waals surface area contributed by atoms with Crippen molar-refractivity contribution in [2.45, 2.75) is 6.42 Å². The molecule has 3 aromatic rings. The van der Waals surface area contributed by atoms with E-state index in [2.05, 4.69) is 15.6 Å². The Bertz CT molecular complexity index is 956. The number of fused-ring (bicyclic) bond motifs is 1. The van der Waals surface area contributed by atoms with E-state index < -0.39 is 0 Å². The standard InChI is InChI=1S/C19H16ClN3O2/c1-21-19(25)14-6-7-17(15(20)10-14)23-18(24)9-12-8-13-4-2-3-5-16(13)22-11-12/h2-8,10-11H,9H2,1H3,(H,21,25)(H,23,24). The summed E-state index contributed by atoms with van der Waals surface area (Å²) in [5.41, 5.74) is 2.60. The maximum atomic E-state index is 12.3. The fourth-order valence-electron chi connectivity index (χ4n) is 2.50. The van der Waals surface area contributed by atoms with Gasteiger partial charge < -0.3 is 10.6 Å². The van der Waals surface area contributed by atoms with Crippen LogP contribution < -0.4 is 10.6 Å². The van der Waals surface area contributed by atoms with Gasteiger partial charge in [-0.25, -0.2) is 0 Å². The van der Waals surface area contributed by atoms with Gasteiger partial charge in [0.1, 0.15) is 0 Å². The largest absolute Gasteiger partial charge is 0.355 e. The molecule has 0 bridgehead atoms. The molecule has 0 saturated carbocycles. The van der Waals surface area contributed by atoms with E-state index >= 15 is 0 Å². The highest BCUT2D eigenvalue weighted by atomic mass is 35.5. The molecule has 0 atom stereocenters. The lowest BCUT2D eigenvalue weighted by Crippen LogP contribution is -2.18. The number of para-hydroxylation sites is 1. The van der Waals surface area contributed by atoms with Crippen molar-refractivity contribution in [3.63, 3.8) is 0 Å². The Balaban J connectivity index is 1.72. The molecule has 25 heavy (non-hydrogen) atoms. The average Bonchev–Trinajstić information content (AvgIpc) is 2.62. The molecule has 2 N–H and O–H groups in total. The smallest absolute Gasteiger partial charge is 0.251 e. The summed E-state index contributed by atoms with van der Waals surface area (Å²) < 4.78 is 0. The van der Waals surface area contributed by atoms with Crippen LogP contribution in [0.25, 0.3) is 10.9 Å². The highest BCUT2D eigenvalue weighted by Gasteiger charge is 2.11. The Morgan fingerprint density at radius 1 is 1.12 bits per heavy atom. The van der Waals surface area contributed by atoms with Crippen LogP contribution in [0.15, 0.2) is 54.7 Å². The number of rotatable bonds is 4.